The number of anilines is 1. The lowest BCUT2D eigenvalue weighted by Crippen LogP contribution is -2.05. The lowest BCUT2D eigenvalue weighted by Gasteiger charge is -2.11. The van der Waals surface area contributed by atoms with Crippen LogP contribution in [0, 0.1) is 5.82 Å². The molecule has 2 aromatic carbocycles. The van der Waals surface area contributed by atoms with Crippen molar-refractivity contribution >= 4 is 11.5 Å². The Morgan fingerprint density at radius 3 is 2.53 bits per heavy atom. The SMILES string of the molecule is CC(CC(=O)c1cccc(F)c1)c1ccc(N)cc1. The molecule has 0 aromatic heterocycles. The monoisotopic (exact) mass is 257 g/mol. The quantitative estimate of drug-likeness (QED) is 0.669. The molecule has 0 aliphatic carbocycles. The average Bonchev–Trinajstić information content (AvgIpc) is 2.39. The van der Waals surface area contributed by atoms with Crippen LogP contribution in [0.4, 0.5) is 10.1 Å². The van der Waals surface area contributed by atoms with Gasteiger partial charge in [-0.15, -0.1) is 0 Å². The number of benzene rings is 2. The van der Waals surface area contributed by atoms with E-state index in [-0.39, 0.29) is 17.5 Å². The second kappa shape index (κ2) is 5.65. The number of hydrogen-bond acceptors (Lipinski definition) is 2. The Labute approximate surface area is 112 Å². The Balaban J connectivity index is 2.08. The van der Waals surface area contributed by atoms with Crippen molar-refractivity contribution in [3.8, 4) is 0 Å². The maximum atomic E-state index is 13.1. The van der Waals surface area contributed by atoms with E-state index in [2.05, 4.69) is 0 Å². The fourth-order valence-electron chi connectivity index (χ4n) is 2.00. The first kappa shape index (κ1) is 13.3. The molecule has 0 heterocycles. The second-order valence-corrected chi connectivity index (χ2v) is 4.71. The molecule has 0 aliphatic rings. The summed E-state index contributed by atoms with van der Waals surface area (Å²) in [4.78, 5) is 12.1. The molecule has 1 atom stereocenters. The summed E-state index contributed by atoms with van der Waals surface area (Å²) in [5.41, 5.74) is 7.80. The zero-order valence-corrected chi connectivity index (χ0v) is 10.8. The summed E-state index contributed by atoms with van der Waals surface area (Å²) in [5, 5.41) is 0. The number of nitrogens with two attached hydrogens (primary N) is 1. The van der Waals surface area contributed by atoms with E-state index in [1.54, 1.807) is 12.1 Å². The maximum Gasteiger partial charge on any atom is 0.163 e. The van der Waals surface area contributed by atoms with Crippen molar-refractivity contribution in [2.24, 2.45) is 0 Å². The standard InChI is InChI=1S/C16H16FNO/c1-11(12-5-7-15(18)8-6-12)9-16(19)13-3-2-4-14(17)10-13/h2-8,10-11H,9,18H2,1H3. The predicted molar refractivity (Wildman–Crippen MR) is 74.6 cm³/mol. The molecule has 19 heavy (non-hydrogen) atoms. The van der Waals surface area contributed by atoms with Gasteiger partial charge >= 0.3 is 0 Å². The number of nitrogen functional groups attached to an aromatic ring is 1. The highest BCUT2D eigenvalue weighted by Gasteiger charge is 2.13. The molecule has 0 saturated heterocycles. The number of rotatable bonds is 4. The minimum Gasteiger partial charge on any atom is -0.399 e. The van der Waals surface area contributed by atoms with E-state index in [0.717, 1.165) is 5.56 Å². The van der Waals surface area contributed by atoms with Gasteiger partial charge in [0.15, 0.2) is 5.78 Å². The lowest BCUT2D eigenvalue weighted by atomic mass is 9.93. The fourth-order valence-corrected chi connectivity index (χ4v) is 2.00. The summed E-state index contributed by atoms with van der Waals surface area (Å²) in [7, 11) is 0. The van der Waals surface area contributed by atoms with Crippen LogP contribution in [0.25, 0.3) is 0 Å². The van der Waals surface area contributed by atoms with Crippen molar-refractivity contribution in [3.63, 3.8) is 0 Å². The van der Waals surface area contributed by atoms with Gasteiger partial charge < -0.3 is 5.73 Å². The lowest BCUT2D eigenvalue weighted by molar-refractivity contribution is 0.0975. The third kappa shape index (κ3) is 3.41. The van der Waals surface area contributed by atoms with Crippen molar-refractivity contribution in [3.05, 3.63) is 65.5 Å². The number of halogens is 1. The van der Waals surface area contributed by atoms with Crippen LogP contribution in [-0.4, -0.2) is 5.78 Å². The van der Waals surface area contributed by atoms with Crippen LogP contribution in [-0.2, 0) is 0 Å². The van der Waals surface area contributed by atoms with Gasteiger partial charge in [-0.1, -0.05) is 31.2 Å². The van der Waals surface area contributed by atoms with Crippen LogP contribution in [0.2, 0.25) is 0 Å². The van der Waals surface area contributed by atoms with E-state index in [9.17, 15) is 9.18 Å². The van der Waals surface area contributed by atoms with Crippen molar-refractivity contribution in [1.82, 2.24) is 0 Å². The van der Waals surface area contributed by atoms with E-state index in [4.69, 9.17) is 5.73 Å². The topological polar surface area (TPSA) is 43.1 Å². The first-order valence-corrected chi connectivity index (χ1v) is 6.20. The minimum absolute atomic E-state index is 0.0520. The van der Waals surface area contributed by atoms with Crippen LogP contribution >= 0.6 is 0 Å². The molecule has 0 spiro atoms. The first-order chi connectivity index (χ1) is 9.06. The van der Waals surface area contributed by atoms with Crippen LogP contribution in [0.5, 0.6) is 0 Å². The summed E-state index contributed by atoms with van der Waals surface area (Å²) in [5.74, 6) is -0.355. The van der Waals surface area contributed by atoms with Gasteiger partial charge in [-0.3, -0.25) is 4.79 Å². The van der Waals surface area contributed by atoms with Crippen molar-refractivity contribution in [2.75, 3.05) is 5.73 Å². The van der Waals surface area contributed by atoms with Gasteiger partial charge in [-0.2, -0.15) is 0 Å². The third-order valence-electron chi connectivity index (χ3n) is 3.14. The first-order valence-electron chi connectivity index (χ1n) is 6.20. The maximum absolute atomic E-state index is 13.1. The zero-order chi connectivity index (χ0) is 13.8. The largest absolute Gasteiger partial charge is 0.399 e. The van der Waals surface area contributed by atoms with Gasteiger partial charge in [0.2, 0.25) is 0 Å². The van der Waals surface area contributed by atoms with Crippen LogP contribution in [0.3, 0.4) is 0 Å². The van der Waals surface area contributed by atoms with Crippen molar-refractivity contribution in [1.29, 1.82) is 0 Å². The average molecular weight is 257 g/mol. The highest BCUT2D eigenvalue weighted by atomic mass is 19.1. The third-order valence-corrected chi connectivity index (χ3v) is 3.14. The van der Waals surface area contributed by atoms with Gasteiger partial charge in [0, 0.05) is 17.7 Å². The Hall–Kier alpha value is -2.16. The minimum atomic E-state index is -0.383. The molecule has 2 nitrogen and oxygen atoms in total. The van der Waals surface area contributed by atoms with E-state index >= 15 is 0 Å². The molecule has 0 amide bonds. The molecule has 2 rings (SSSR count). The van der Waals surface area contributed by atoms with Crippen molar-refractivity contribution in [2.45, 2.75) is 19.3 Å². The number of carbonyl (C=O) groups is 1. The Morgan fingerprint density at radius 1 is 1.21 bits per heavy atom. The molecule has 0 fully saturated rings. The number of Topliss-reactive ketones (excluding diaryl/α,β-unsaturated/α-hetero) is 1. The molecule has 0 radical (unpaired) electrons. The van der Waals surface area contributed by atoms with Gasteiger partial charge in [0.05, 0.1) is 0 Å². The summed E-state index contributed by atoms with van der Waals surface area (Å²) >= 11 is 0. The van der Waals surface area contributed by atoms with E-state index < -0.39 is 0 Å². The predicted octanol–water partition coefficient (Wildman–Crippen LogP) is 3.78. The molecular formula is C16H16FNO. The fraction of sp³-hybridized carbons (Fsp3) is 0.188. The number of ketones is 1. The van der Waals surface area contributed by atoms with Gasteiger partial charge in [-0.25, -0.2) is 4.39 Å². The molecule has 0 aliphatic heterocycles. The number of hydrogen-bond donors (Lipinski definition) is 1. The molecule has 98 valence electrons. The van der Waals surface area contributed by atoms with E-state index in [1.807, 2.05) is 31.2 Å². The Morgan fingerprint density at radius 2 is 1.89 bits per heavy atom. The molecule has 3 heteroatoms. The van der Waals surface area contributed by atoms with Crippen LogP contribution < -0.4 is 5.73 Å². The summed E-state index contributed by atoms with van der Waals surface area (Å²) in [6, 6.07) is 13.3. The molecule has 1 unspecified atom stereocenters. The smallest absolute Gasteiger partial charge is 0.163 e. The normalized spacial score (nSPS) is 12.1. The summed E-state index contributed by atoms with van der Waals surface area (Å²) in [6.45, 7) is 1.97. The molecule has 2 aromatic rings. The zero-order valence-electron chi connectivity index (χ0n) is 10.8. The van der Waals surface area contributed by atoms with Gasteiger partial charge in [0.25, 0.3) is 0 Å². The van der Waals surface area contributed by atoms with E-state index in [0.29, 0.717) is 17.7 Å². The van der Waals surface area contributed by atoms with Gasteiger partial charge in [-0.05, 0) is 35.7 Å². The van der Waals surface area contributed by atoms with Crippen LogP contribution in [0.15, 0.2) is 48.5 Å². The highest BCUT2D eigenvalue weighted by Crippen LogP contribution is 2.22. The Kier molecular flexibility index (Phi) is 3.95. The summed E-state index contributed by atoms with van der Waals surface area (Å²) in [6.07, 6.45) is 0.355. The molecule has 2 N–H and O–H groups in total. The molecular weight excluding hydrogens is 241 g/mol. The van der Waals surface area contributed by atoms with Crippen molar-refractivity contribution < 1.29 is 9.18 Å². The Bertz CT molecular complexity index is 578. The number of carbonyl (C=O) groups excluding carboxylic acids is 1. The summed E-state index contributed by atoms with van der Waals surface area (Å²) < 4.78 is 13.1. The van der Waals surface area contributed by atoms with Gasteiger partial charge in [0.1, 0.15) is 5.82 Å². The highest BCUT2D eigenvalue weighted by molar-refractivity contribution is 5.96. The molecule has 0 saturated carbocycles. The van der Waals surface area contributed by atoms with Crippen LogP contribution in [0.1, 0.15) is 35.2 Å². The van der Waals surface area contributed by atoms with E-state index in [1.165, 1.54) is 12.1 Å². The second-order valence-electron chi connectivity index (χ2n) is 4.71. The molecule has 0 bridgehead atoms.